The molecule has 3 rings (SSSR count). The molecule has 0 N–H and O–H groups in total. The topological polar surface area (TPSA) is 39.1 Å². The molecule has 2 heterocycles. The zero-order valence-electron chi connectivity index (χ0n) is 8.06. The molecule has 0 aliphatic carbocycles. The van der Waals surface area contributed by atoms with Crippen molar-refractivity contribution in [2.24, 2.45) is 0 Å². The summed E-state index contributed by atoms with van der Waals surface area (Å²) < 4.78 is 1.69. The fourth-order valence-corrected chi connectivity index (χ4v) is 2.15. The van der Waals surface area contributed by atoms with Gasteiger partial charge >= 0.3 is 0 Å². The van der Waals surface area contributed by atoms with Gasteiger partial charge in [-0.15, -0.1) is 0 Å². The van der Waals surface area contributed by atoms with Crippen LogP contribution in [0.5, 0.6) is 0 Å². The van der Waals surface area contributed by atoms with E-state index in [1.54, 1.807) is 22.8 Å². The maximum absolute atomic E-state index is 11.7. The summed E-state index contributed by atoms with van der Waals surface area (Å²) in [4.78, 5) is 23.3. The molecule has 1 aliphatic rings. The number of hydrogen-bond acceptors (Lipinski definition) is 2. The Balaban J connectivity index is 2.59. The first-order valence-electron chi connectivity index (χ1n) is 4.93. The highest BCUT2D eigenvalue weighted by molar-refractivity contribution is 6.07. The summed E-state index contributed by atoms with van der Waals surface area (Å²) in [6.07, 6.45) is 0.427. The lowest BCUT2D eigenvalue weighted by Gasteiger charge is -2.17. The molecular weight excluding hydrogens is 190 g/mol. The van der Waals surface area contributed by atoms with E-state index in [0.29, 0.717) is 18.5 Å². The average Bonchev–Trinajstić information content (AvgIpc) is 2.26. The first kappa shape index (κ1) is 8.41. The van der Waals surface area contributed by atoms with E-state index in [1.165, 1.54) is 0 Å². The Morgan fingerprint density at radius 3 is 2.80 bits per heavy atom. The summed E-state index contributed by atoms with van der Waals surface area (Å²) in [6.45, 7) is 0.506. The molecular formula is C12H9NO2. The van der Waals surface area contributed by atoms with Crippen LogP contribution in [0, 0.1) is 0 Å². The van der Waals surface area contributed by atoms with Gasteiger partial charge in [0.25, 0.3) is 5.56 Å². The Kier molecular flexibility index (Phi) is 1.57. The molecule has 1 aromatic carbocycles. The number of Topliss-reactive ketones (excluding diaryl/α,β-unsaturated/α-hetero) is 1. The molecule has 0 atom stereocenters. The van der Waals surface area contributed by atoms with E-state index in [1.807, 2.05) is 12.1 Å². The van der Waals surface area contributed by atoms with Crippen LogP contribution in [-0.2, 0) is 6.54 Å². The number of ketones is 1. The van der Waals surface area contributed by atoms with Crippen molar-refractivity contribution in [2.75, 3.05) is 0 Å². The highest BCUT2D eigenvalue weighted by Gasteiger charge is 2.18. The zero-order valence-corrected chi connectivity index (χ0v) is 8.06. The molecule has 0 saturated heterocycles. The normalized spacial score (nSPS) is 14.5. The summed E-state index contributed by atoms with van der Waals surface area (Å²) in [5, 5.41) is 0.958. The van der Waals surface area contributed by atoms with Crippen LogP contribution in [0.2, 0.25) is 0 Å². The Morgan fingerprint density at radius 1 is 1.07 bits per heavy atom. The predicted octanol–water partition coefficient (Wildman–Crippen LogP) is 1.59. The fourth-order valence-electron chi connectivity index (χ4n) is 2.15. The van der Waals surface area contributed by atoms with Crippen LogP contribution in [0.15, 0.2) is 35.1 Å². The van der Waals surface area contributed by atoms with Gasteiger partial charge in [-0.3, -0.25) is 9.59 Å². The van der Waals surface area contributed by atoms with Crippen LogP contribution in [-0.4, -0.2) is 10.4 Å². The third-order valence-electron chi connectivity index (χ3n) is 2.87. The van der Waals surface area contributed by atoms with Crippen molar-refractivity contribution in [3.63, 3.8) is 0 Å². The Labute approximate surface area is 86.0 Å². The number of hydrogen-bond donors (Lipinski definition) is 0. The number of rotatable bonds is 0. The SMILES string of the molecule is O=C1CCn2c(=O)ccc3cccc1c32. The predicted molar refractivity (Wildman–Crippen MR) is 57.2 cm³/mol. The lowest BCUT2D eigenvalue weighted by molar-refractivity contribution is 0.0972. The van der Waals surface area contributed by atoms with E-state index >= 15 is 0 Å². The Hall–Kier alpha value is -1.90. The molecule has 1 aliphatic heterocycles. The van der Waals surface area contributed by atoms with E-state index in [0.717, 1.165) is 10.9 Å². The summed E-state index contributed by atoms with van der Waals surface area (Å²) in [7, 11) is 0. The highest BCUT2D eigenvalue weighted by Crippen LogP contribution is 2.22. The summed E-state index contributed by atoms with van der Waals surface area (Å²) in [5.74, 6) is 0.131. The maximum atomic E-state index is 11.7. The molecule has 3 heteroatoms. The maximum Gasteiger partial charge on any atom is 0.251 e. The fraction of sp³-hybridized carbons (Fsp3) is 0.167. The van der Waals surface area contributed by atoms with Gasteiger partial charge in [0.05, 0.1) is 5.52 Å². The van der Waals surface area contributed by atoms with Crippen molar-refractivity contribution in [3.05, 3.63) is 46.2 Å². The van der Waals surface area contributed by atoms with Gasteiger partial charge in [-0.05, 0) is 17.5 Å². The minimum atomic E-state index is -0.0255. The Morgan fingerprint density at radius 2 is 1.93 bits per heavy atom. The molecule has 0 saturated carbocycles. The number of para-hydroxylation sites is 1. The molecule has 15 heavy (non-hydrogen) atoms. The van der Waals surface area contributed by atoms with Crippen molar-refractivity contribution >= 4 is 16.7 Å². The van der Waals surface area contributed by atoms with E-state index in [9.17, 15) is 9.59 Å². The van der Waals surface area contributed by atoms with E-state index in [4.69, 9.17) is 0 Å². The standard InChI is InChI=1S/C12H9NO2/c14-10-6-7-13-11(15)5-4-8-2-1-3-9(10)12(8)13/h1-5H,6-7H2. The molecule has 0 radical (unpaired) electrons. The second-order valence-corrected chi connectivity index (χ2v) is 3.74. The second-order valence-electron chi connectivity index (χ2n) is 3.74. The first-order chi connectivity index (χ1) is 7.27. The molecule has 74 valence electrons. The molecule has 2 aromatic rings. The molecule has 0 amide bonds. The number of benzene rings is 1. The van der Waals surface area contributed by atoms with Crippen LogP contribution in [0.3, 0.4) is 0 Å². The monoisotopic (exact) mass is 199 g/mol. The zero-order chi connectivity index (χ0) is 10.4. The summed E-state index contributed by atoms with van der Waals surface area (Å²) in [6, 6.07) is 8.90. The number of carbonyl (C=O) groups excluding carboxylic acids is 1. The van der Waals surface area contributed by atoms with E-state index in [-0.39, 0.29) is 11.3 Å². The summed E-state index contributed by atoms with van der Waals surface area (Å²) in [5.41, 5.74) is 1.44. The van der Waals surface area contributed by atoms with Crippen LogP contribution >= 0.6 is 0 Å². The average molecular weight is 199 g/mol. The third-order valence-corrected chi connectivity index (χ3v) is 2.87. The first-order valence-corrected chi connectivity index (χ1v) is 4.93. The number of aryl methyl sites for hydroxylation is 1. The Bertz CT molecular complexity index is 625. The lowest BCUT2D eigenvalue weighted by Crippen LogP contribution is -2.26. The smallest absolute Gasteiger partial charge is 0.251 e. The number of pyridine rings is 1. The van der Waals surface area contributed by atoms with Crippen LogP contribution < -0.4 is 5.56 Å². The minimum Gasteiger partial charge on any atom is -0.307 e. The van der Waals surface area contributed by atoms with Gasteiger partial charge in [-0.2, -0.15) is 0 Å². The molecule has 0 bridgehead atoms. The lowest BCUT2D eigenvalue weighted by atomic mass is 10.0. The number of carbonyl (C=O) groups is 1. The minimum absolute atomic E-state index is 0.0255. The summed E-state index contributed by atoms with van der Waals surface area (Å²) >= 11 is 0. The van der Waals surface area contributed by atoms with Crippen molar-refractivity contribution < 1.29 is 4.79 Å². The van der Waals surface area contributed by atoms with Gasteiger partial charge < -0.3 is 4.57 Å². The van der Waals surface area contributed by atoms with Gasteiger partial charge in [-0.1, -0.05) is 12.1 Å². The van der Waals surface area contributed by atoms with Crippen molar-refractivity contribution in [2.45, 2.75) is 13.0 Å². The van der Waals surface area contributed by atoms with Gasteiger partial charge in [0.1, 0.15) is 0 Å². The second kappa shape index (κ2) is 2.79. The molecule has 0 fully saturated rings. The molecule has 0 unspecified atom stereocenters. The van der Waals surface area contributed by atoms with Gasteiger partial charge in [0.15, 0.2) is 5.78 Å². The van der Waals surface area contributed by atoms with Crippen LogP contribution in [0.25, 0.3) is 10.9 Å². The van der Waals surface area contributed by atoms with Crippen molar-refractivity contribution in [3.8, 4) is 0 Å². The van der Waals surface area contributed by atoms with Crippen molar-refractivity contribution in [1.29, 1.82) is 0 Å². The van der Waals surface area contributed by atoms with Crippen molar-refractivity contribution in [1.82, 2.24) is 4.57 Å². The molecule has 0 spiro atoms. The van der Waals surface area contributed by atoms with E-state index in [2.05, 4.69) is 0 Å². The van der Waals surface area contributed by atoms with Gasteiger partial charge in [-0.25, -0.2) is 0 Å². The number of aromatic nitrogens is 1. The molecule has 3 nitrogen and oxygen atoms in total. The third kappa shape index (κ3) is 1.06. The van der Waals surface area contributed by atoms with Crippen LogP contribution in [0.4, 0.5) is 0 Å². The van der Waals surface area contributed by atoms with Gasteiger partial charge in [0.2, 0.25) is 0 Å². The van der Waals surface area contributed by atoms with E-state index < -0.39 is 0 Å². The quantitative estimate of drug-likeness (QED) is 0.646. The number of nitrogens with zero attached hydrogens (tertiary/aromatic N) is 1. The van der Waals surface area contributed by atoms with Gasteiger partial charge in [0, 0.05) is 24.6 Å². The molecule has 1 aromatic heterocycles. The largest absolute Gasteiger partial charge is 0.307 e. The highest BCUT2D eigenvalue weighted by atomic mass is 16.1. The van der Waals surface area contributed by atoms with Crippen LogP contribution in [0.1, 0.15) is 16.8 Å².